The average molecular weight is 369 g/mol. The normalized spacial score (nSPS) is 24.2. The fourth-order valence-electron chi connectivity index (χ4n) is 5.27. The van der Waals surface area contributed by atoms with Crippen LogP contribution in [0.5, 0.6) is 5.75 Å². The molecule has 3 aliphatic rings. The zero-order valence-electron chi connectivity index (χ0n) is 16.1. The predicted molar refractivity (Wildman–Crippen MR) is 111 cm³/mol. The lowest BCUT2D eigenvalue weighted by Gasteiger charge is -2.49. The maximum absolute atomic E-state index is 13.4. The van der Waals surface area contributed by atoms with Crippen molar-refractivity contribution in [3.63, 3.8) is 0 Å². The molecule has 3 aromatic rings. The van der Waals surface area contributed by atoms with Crippen LogP contribution in [0.1, 0.15) is 41.0 Å². The van der Waals surface area contributed by atoms with Crippen molar-refractivity contribution >= 4 is 11.6 Å². The van der Waals surface area contributed by atoms with Crippen molar-refractivity contribution in [3.05, 3.63) is 95.1 Å². The highest BCUT2D eigenvalue weighted by molar-refractivity contribution is 5.95. The molecule has 2 bridgehead atoms. The lowest BCUT2D eigenvalue weighted by Crippen LogP contribution is -2.44. The second-order valence-corrected chi connectivity index (χ2v) is 7.82. The van der Waals surface area contributed by atoms with Crippen molar-refractivity contribution in [2.24, 2.45) is 11.8 Å². The first-order chi connectivity index (χ1) is 13.7. The SMILES string of the molecule is COc1cccc(NC(=O)[C@@H]2C3c4ccccc4C(c4ccccc43)[C@H]2C)c1. The van der Waals surface area contributed by atoms with Crippen LogP contribution in [0.2, 0.25) is 0 Å². The third kappa shape index (κ3) is 2.46. The lowest BCUT2D eigenvalue weighted by atomic mass is 9.54. The summed E-state index contributed by atoms with van der Waals surface area (Å²) in [5, 5.41) is 3.14. The van der Waals surface area contributed by atoms with Gasteiger partial charge in [0.05, 0.1) is 13.0 Å². The number of anilines is 1. The first kappa shape index (κ1) is 17.1. The molecule has 0 aliphatic heterocycles. The number of hydrogen-bond acceptors (Lipinski definition) is 2. The van der Waals surface area contributed by atoms with Gasteiger partial charge < -0.3 is 10.1 Å². The van der Waals surface area contributed by atoms with E-state index in [2.05, 4.69) is 60.8 Å². The van der Waals surface area contributed by atoms with E-state index in [-0.39, 0.29) is 29.6 Å². The van der Waals surface area contributed by atoms with Gasteiger partial charge in [-0.1, -0.05) is 61.5 Å². The minimum atomic E-state index is -0.0963. The van der Waals surface area contributed by atoms with Gasteiger partial charge in [0.2, 0.25) is 5.91 Å². The number of ether oxygens (including phenoxy) is 1. The number of nitrogens with one attached hydrogen (secondary N) is 1. The zero-order valence-corrected chi connectivity index (χ0v) is 16.1. The molecule has 0 heterocycles. The molecule has 140 valence electrons. The van der Waals surface area contributed by atoms with Crippen LogP contribution in [0.25, 0.3) is 0 Å². The van der Waals surface area contributed by atoms with Crippen LogP contribution < -0.4 is 10.1 Å². The molecular formula is C25H23NO2. The first-order valence-electron chi connectivity index (χ1n) is 9.81. The topological polar surface area (TPSA) is 38.3 Å². The summed E-state index contributed by atoms with van der Waals surface area (Å²) in [6.45, 7) is 2.22. The summed E-state index contributed by atoms with van der Waals surface area (Å²) in [6.07, 6.45) is 0. The van der Waals surface area contributed by atoms with Crippen molar-refractivity contribution in [2.45, 2.75) is 18.8 Å². The third-order valence-electron chi connectivity index (χ3n) is 6.42. The number of hydrogen-bond donors (Lipinski definition) is 1. The number of carbonyl (C=O) groups excluding carboxylic acids is 1. The number of benzene rings is 3. The molecule has 3 heteroatoms. The van der Waals surface area contributed by atoms with Gasteiger partial charge in [0.25, 0.3) is 0 Å². The van der Waals surface area contributed by atoms with Crippen LogP contribution in [0.3, 0.4) is 0 Å². The smallest absolute Gasteiger partial charge is 0.228 e. The van der Waals surface area contributed by atoms with Gasteiger partial charge in [0.1, 0.15) is 5.75 Å². The lowest BCUT2D eigenvalue weighted by molar-refractivity contribution is -0.122. The van der Waals surface area contributed by atoms with Crippen LogP contribution >= 0.6 is 0 Å². The van der Waals surface area contributed by atoms with E-state index in [0.717, 1.165) is 11.4 Å². The maximum Gasteiger partial charge on any atom is 0.228 e. The van der Waals surface area contributed by atoms with Crippen molar-refractivity contribution < 1.29 is 9.53 Å². The Morgan fingerprint density at radius 2 is 1.39 bits per heavy atom. The van der Waals surface area contributed by atoms with Gasteiger partial charge in [-0.3, -0.25) is 4.79 Å². The summed E-state index contributed by atoms with van der Waals surface area (Å²) in [6, 6.07) is 24.8. The molecule has 0 saturated heterocycles. The summed E-state index contributed by atoms with van der Waals surface area (Å²) in [4.78, 5) is 13.4. The molecule has 0 fully saturated rings. The summed E-state index contributed by atoms with van der Waals surface area (Å²) in [5.74, 6) is 1.32. The number of rotatable bonds is 3. The minimum Gasteiger partial charge on any atom is -0.497 e. The Kier molecular flexibility index (Phi) is 3.97. The molecule has 0 unspecified atom stereocenters. The molecule has 0 aromatic heterocycles. The van der Waals surface area contributed by atoms with Crippen LogP contribution in [0, 0.1) is 11.8 Å². The maximum atomic E-state index is 13.4. The molecule has 0 radical (unpaired) electrons. The van der Waals surface area contributed by atoms with Crippen LogP contribution in [-0.2, 0) is 4.79 Å². The Bertz CT molecular complexity index is 1010. The van der Waals surface area contributed by atoms with Crippen molar-refractivity contribution in [3.8, 4) is 5.75 Å². The average Bonchev–Trinajstić information content (AvgIpc) is 2.73. The predicted octanol–water partition coefficient (Wildman–Crippen LogP) is 5.18. The second kappa shape index (κ2) is 6.52. The van der Waals surface area contributed by atoms with E-state index in [9.17, 15) is 4.79 Å². The van der Waals surface area contributed by atoms with E-state index in [0.29, 0.717) is 0 Å². The molecule has 0 spiro atoms. The van der Waals surface area contributed by atoms with E-state index in [4.69, 9.17) is 4.74 Å². The highest BCUT2D eigenvalue weighted by atomic mass is 16.5. The number of fused-ring (bicyclic) bond motifs is 1. The Morgan fingerprint density at radius 3 is 1.96 bits per heavy atom. The molecule has 3 aliphatic carbocycles. The number of carbonyl (C=O) groups is 1. The van der Waals surface area contributed by atoms with E-state index < -0.39 is 0 Å². The van der Waals surface area contributed by atoms with Gasteiger partial charge in [-0.05, 0) is 40.3 Å². The van der Waals surface area contributed by atoms with Crippen molar-refractivity contribution in [1.29, 1.82) is 0 Å². The van der Waals surface area contributed by atoms with Crippen molar-refractivity contribution in [1.82, 2.24) is 0 Å². The Balaban J connectivity index is 1.57. The molecule has 28 heavy (non-hydrogen) atoms. The van der Waals surface area contributed by atoms with E-state index in [1.54, 1.807) is 7.11 Å². The van der Waals surface area contributed by atoms with Crippen molar-refractivity contribution in [2.75, 3.05) is 12.4 Å². The quantitative estimate of drug-likeness (QED) is 0.691. The first-order valence-corrected chi connectivity index (χ1v) is 9.81. The van der Waals surface area contributed by atoms with E-state index in [1.165, 1.54) is 22.3 Å². The Hall–Kier alpha value is -3.07. The third-order valence-corrected chi connectivity index (χ3v) is 6.42. The Labute approximate surface area is 165 Å². The Morgan fingerprint density at radius 1 is 0.821 bits per heavy atom. The van der Waals surface area contributed by atoms with Gasteiger partial charge in [-0.2, -0.15) is 0 Å². The minimum absolute atomic E-state index is 0.0831. The zero-order chi connectivity index (χ0) is 19.3. The van der Waals surface area contributed by atoms with Gasteiger partial charge in [-0.25, -0.2) is 0 Å². The summed E-state index contributed by atoms with van der Waals surface area (Å²) in [7, 11) is 1.64. The van der Waals surface area contributed by atoms with Gasteiger partial charge in [0.15, 0.2) is 0 Å². The summed E-state index contributed by atoms with van der Waals surface area (Å²) < 4.78 is 5.29. The van der Waals surface area contributed by atoms with Gasteiger partial charge >= 0.3 is 0 Å². The summed E-state index contributed by atoms with van der Waals surface area (Å²) >= 11 is 0. The molecule has 2 atom stereocenters. The van der Waals surface area contributed by atoms with Gasteiger partial charge in [-0.15, -0.1) is 0 Å². The standard InChI is InChI=1S/C25H23NO2/c1-15-22-18-10-3-5-12-20(18)24(21-13-6-4-11-19(21)22)23(15)25(27)26-16-8-7-9-17(14-16)28-2/h3-15,22-24H,1-2H3,(H,26,27)/t15-,22?,23+,24?/m1/s1. The largest absolute Gasteiger partial charge is 0.497 e. The molecule has 1 amide bonds. The highest BCUT2D eigenvalue weighted by Crippen LogP contribution is 2.58. The molecule has 3 aromatic carbocycles. The van der Waals surface area contributed by atoms with Crippen LogP contribution in [0.4, 0.5) is 5.69 Å². The fraction of sp³-hybridized carbons (Fsp3) is 0.240. The van der Waals surface area contributed by atoms with Gasteiger partial charge in [0, 0.05) is 23.6 Å². The molecule has 3 nitrogen and oxygen atoms in total. The molecule has 1 N–H and O–H groups in total. The second-order valence-electron chi connectivity index (χ2n) is 7.82. The fourth-order valence-corrected chi connectivity index (χ4v) is 5.27. The monoisotopic (exact) mass is 369 g/mol. The van der Waals surface area contributed by atoms with E-state index in [1.807, 2.05) is 24.3 Å². The highest BCUT2D eigenvalue weighted by Gasteiger charge is 2.50. The molecule has 6 rings (SSSR count). The molecule has 0 saturated carbocycles. The number of amides is 1. The number of methoxy groups -OCH3 is 1. The van der Waals surface area contributed by atoms with Crippen LogP contribution in [0.15, 0.2) is 72.8 Å². The van der Waals surface area contributed by atoms with Crippen LogP contribution in [-0.4, -0.2) is 13.0 Å². The molecular weight excluding hydrogens is 346 g/mol. The summed E-state index contributed by atoms with van der Waals surface area (Å²) in [5.41, 5.74) is 6.14. The van der Waals surface area contributed by atoms with E-state index >= 15 is 0 Å².